The van der Waals surface area contributed by atoms with Gasteiger partial charge in [0.2, 0.25) is 0 Å². The fourth-order valence-corrected chi connectivity index (χ4v) is 19.8. The van der Waals surface area contributed by atoms with Crippen LogP contribution in [0.25, 0.3) is 0 Å². The monoisotopic (exact) mass is 1040 g/mol. The molecule has 16 rings (SSSR count). The predicted molar refractivity (Wildman–Crippen MR) is 290 cm³/mol. The highest BCUT2D eigenvalue weighted by atomic mass is 16.6. The van der Waals surface area contributed by atoms with Gasteiger partial charge in [-0.05, 0) is 277 Å². The number of carbonyl (C=O) groups excluding carboxylic acids is 5. The van der Waals surface area contributed by atoms with Gasteiger partial charge >= 0.3 is 29.8 Å². The molecule has 16 fully saturated rings. The first kappa shape index (κ1) is 56.0. The first-order chi connectivity index (χ1) is 35.3. The maximum atomic E-state index is 12.1. The average Bonchev–Trinajstić information content (AvgIpc) is 3.33. The van der Waals surface area contributed by atoms with Gasteiger partial charge in [-0.25, -0.2) is 24.0 Å². The molecule has 0 saturated heterocycles. The number of ether oxygens (including phenoxy) is 5. The third-order valence-corrected chi connectivity index (χ3v) is 22.8. The van der Waals surface area contributed by atoms with Crippen LogP contribution in [-0.2, 0) is 47.7 Å². The van der Waals surface area contributed by atoms with E-state index in [4.69, 9.17) is 23.7 Å². The molecule has 0 aromatic carbocycles. The van der Waals surface area contributed by atoms with Gasteiger partial charge in [-0.3, -0.25) is 0 Å². The maximum absolute atomic E-state index is 12.1. The van der Waals surface area contributed by atoms with Gasteiger partial charge in [0.15, 0.2) is 6.61 Å². The summed E-state index contributed by atoms with van der Waals surface area (Å²) in [6.45, 7) is 32.1. The Labute approximate surface area is 451 Å². The summed E-state index contributed by atoms with van der Waals surface area (Å²) in [6, 6.07) is 0. The molecule has 0 unspecified atom stereocenters. The fraction of sp³-hybridized carbons (Fsp3) is 0.800. The quantitative estimate of drug-likeness (QED) is 0.106. The molecule has 416 valence electrons. The van der Waals surface area contributed by atoms with Crippen LogP contribution >= 0.6 is 0 Å². The Morgan fingerprint density at radius 2 is 0.680 bits per heavy atom. The maximum Gasteiger partial charge on any atom is 0.344 e. The lowest BCUT2D eigenvalue weighted by Crippen LogP contribution is -2.62. The zero-order valence-electron chi connectivity index (χ0n) is 47.8. The molecular formula is C65H96O10. The summed E-state index contributed by atoms with van der Waals surface area (Å²) < 4.78 is 28.6. The molecule has 16 aliphatic rings. The van der Waals surface area contributed by atoms with E-state index in [1.807, 2.05) is 0 Å². The lowest BCUT2D eigenvalue weighted by atomic mass is 9.47. The van der Waals surface area contributed by atoms with Crippen molar-refractivity contribution in [2.45, 2.75) is 220 Å². The standard InChI is InChI=1S/C17H24O4.C17H26O2.C16H24O2.C15H22O2/c1-10(2)16(19)20-9-15(18)21-17(3)13-5-11-4-12(7-13)8-14(17)6-11;1-10(2)16(18)19-17(11(3)4)14-6-12-5-13(8-14)9-15(17)7-12;1-4-16(18-15(17)10(2)3)13-6-11-5-12(8-13)9-14(16)7-11;1-9(2)14(16)17-15(3)12-5-10-4-11(7-12)8-13(15)6-10/h11-14H,1,4-9H2,2-3H3;11-15H,1,5-9H2,2-4H3;11-14H,2,4-9H2,1,3H3;10-13H,1,4-8H2,2-3H3. The summed E-state index contributed by atoms with van der Waals surface area (Å²) >= 11 is 0. The second kappa shape index (κ2) is 21.5. The molecule has 10 nitrogen and oxygen atoms in total. The Kier molecular flexibility index (Phi) is 16.1. The lowest BCUT2D eigenvalue weighted by molar-refractivity contribution is -0.221. The highest BCUT2D eigenvalue weighted by molar-refractivity contribution is 5.89. The van der Waals surface area contributed by atoms with Gasteiger partial charge in [-0.2, -0.15) is 0 Å². The molecular weight excluding hydrogens is 941 g/mol. The van der Waals surface area contributed by atoms with Gasteiger partial charge in [0.25, 0.3) is 0 Å². The van der Waals surface area contributed by atoms with E-state index in [1.54, 1.807) is 27.7 Å². The van der Waals surface area contributed by atoms with Gasteiger partial charge in [0.05, 0.1) is 0 Å². The smallest absolute Gasteiger partial charge is 0.344 e. The van der Waals surface area contributed by atoms with E-state index in [9.17, 15) is 24.0 Å². The number of hydrogen-bond donors (Lipinski definition) is 0. The minimum Gasteiger partial charge on any atom is -0.456 e. The van der Waals surface area contributed by atoms with Crippen LogP contribution in [0.15, 0.2) is 48.6 Å². The molecule has 0 N–H and O–H groups in total. The Morgan fingerprint density at radius 3 is 0.987 bits per heavy atom. The summed E-state index contributed by atoms with van der Waals surface area (Å²) in [5.41, 5.74) is 0.963. The Morgan fingerprint density at radius 1 is 0.400 bits per heavy atom. The molecule has 0 amide bonds. The molecule has 75 heavy (non-hydrogen) atoms. The van der Waals surface area contributed by atoms with Crippen molar-refractivity contribution in [3.05, 3.63) is 48.6 Å². The molecule has 0 aliphatic heterocycles. The lowest BCUT2D eigenvalue weighted by Gasteiger charge is -2.61. The van der Waals surface area contributed by atoms with Crippen molar-refractivity contribution >= 4 is 29.8 Å². The van der Waals surface area contributed by atoms with Crippen LogP contribution in [0, 0.1) is 101 Å². The predicted octanol–water partition coefficient (Wildman–Crippen LogP) is 13.9. The highest BCUT2D eigenvalue weighted by Crippen LogP contribution is 2.64. The summed E-state index contributed by atoms with van der Waals surface area (Å²) in [5.74, 6) is 10.6. The normalized spacial score (nSPS) is 43.7. The van der Waals surface area contributed by atoms with Gasteiger partial charge in [0.1, 0.15) is 22.4 Å². The van der Waals surface area contributed by atoms with Gasteiger partial charge < -0.3 is 23.7 Å². The average molecular weight is 1040 g/mol. The first-order valence-electron chi connectivity index (χ1n) is 30.1. The first-order valence-corrected chi connectivity index (χ1v) is 30.1. The summed E-state index contributed by atoms with van der Waals surface area (Å²) in [4.78, 5) is 59.3. The second-order valence-electron chi connectivity index (χ2n) is 28.2. The van der Waals surface area contributed by atoms with Crippen molar-refractivity contribution < 1.29 is 47.7 Å². The van der Waals surface area contributed by atoms with Crippen LogP contribution in [-0.4, -0.2) is 58.9 Å². The molecule has 0 radical (unpaired) electrons. The van der Waals surface area contributed by atoms with E-state index in [0.717, 1.165) is 53.8 Å². The zero-order chi connectivity index (χ0) is 54.1. The van der Waals surface area contributed by atoms with E-state index >= 15 is 0 Å². The number of carbonyl (C=O) groups is 5. The molecule has 0 heterocycles. The Hall–Kier alpha value is -3.69. The molecule has 0 spiro atoms. The van der Waals surface area contributed by atoms with Crippen molar-refractivity contribution in [1.29, 1.82) is 0 Å². The second-order valence-corrected chi connectivity index (χ2v) is 28.2. The van der Waals surface area contributed by atoms with E-state index in [-0.39, 0.29) is 46.9 Å². The zero-order valence-corrected chi connectivity index (χ0v) is 47.8. The summed E-state index contributed by atoms with van der Waals surface area (Å²) in [5, 5.41) is 0. The van der Waals surface area contributed by atoms with Crippen LogP contribution < -0.4 is 0 Å². The largest absolute Gasteiger partial charge is 0.456 e. The van der Waals surface area contributed by atoms with Gasteiger partial charge in [-0.15, -0.1) is 0 Å². The minimum atomic E-state index is -0.540. The van der Waals surface area contributed by atoms with E-state index in [0.29, 0.717) is 75.6 Å². The van der Waals surface area contributed by atoms with Crippen molar-refractivity contribution in [3.8, 4) is 0 Å². The fourth-order valence-electron chi connectivity index (χ4n) is 19.8. The van der Waals surface area contributed by atoms with Crippen molar-refractivity contribution in [2.24, 2.45) is 101 Å². The molecule has 0 aromatic rings. The molecule has 16 bridgehead atoms. The third kappa shape index (κ3) is 10.8. The third-order valence-electron chi connectivity index (χ3n) is 22.8. The van der Waals surface area contributed by atoms with Crippen LogP contribution in [0.2, 0.25) is 0 Å². The van der Waals surface area contributed by atoms with Crippen molar-refractivity contribution in [3.63, 3.8) is 0 Å². The number of hydrogen-bond acceptors (Lipinski definition) is 10. The van der Waals surface area contributed by atoms with Crippen molar-refractivity contribution in [1.82, 2.24) is 0 Å². The van der Waals surface area contributed by atoms with Crippen molar-refractivity contribution in [2.75, 3.05) is 6.61 Å². The molecule has 16 aliphatic carbocycles. The topological polar surface area (TPSA) is 132 Å². The molecule has 16 saturated carbocycles. The van der Waals surface area contributed by atoms with E-state index < -0.39 is 11.9 Å². The Bertz CT molecular complexity index is 2150. The van der Waals surface area contributed by atoms with Gasteiger partial charge in [-0.1, -0.05) is 47.1 Å². The summed E-state index contributed by atoms with van der Waals surface area (Å²) in [7, 11) is 0. The number of rotatable bonds is 12. The van der Waals surface area contributed by atoms with Crippen LogP contribution in [0.4, 0.5) is 0 Å². The van der Waals surface area contributed by atoms with Crippen LogP contribution in [0.5, 0.6) is 0 Å². The summed E-state index contributed by atoms with van der Waals surface area (Å²) in [6.07, 6.45) is 26.7. The Balaban J connectivity index is 0.000000123. The molecule has 10 heteroatoms. The van der Waals surface area contributed by atoms with Gasteiger partial charge in [0, 0.05) is 22.3 Å². The highest BCUT2D eigenvalue weighted by Gasteiger charge is 2.62. The number of esters is 5. The van der Waals surface area contributed by atoms with Crippen LogP contribution in [0.3, 0.4) is 0 Å². The SMILES string of the molecule is C=C(C)C(=O)OC1(C(C)C)C2CC3CC(C2)CC1C3.C=C(C)C(=O)OC1(C)C2CC3CC(C2)CC1C3.C=C(C)C(=O)OC1(CC)C2CC3CC(C2)CC1C3.C=C(C)C(=O)OCC(=O)OC1(C)C2CC3CC(C2)CC1C3. The molecule has 0 aromatic heterocycles. The van der Waals surface area contributed by atoms with E-state index in [2.05, 4.69) is 60.9 Å². The van der Waals surface area contributed by atoms with E-state index in [1.165, 1.54) is 128 Å². The van der Waals surface area contributed by atoms with Crippen LogP contribution in [0.1, 0.15) is 197 Å². The minimum absolute atomic E-state index is 0.163. The molecule has 0 atom stereocenters.